The summed E-state index contributed by atoms with van der Waals surface area (Å²) >= 11 is 9.39. The van der Waals surface area contributed by atoms with Gasteiger partial charge in [0.15, 0.2) is 0 Å². The third-order valence-corrected chi connectivity index (χ3v) is 3.44. The summed E-state index contributed by atoms with van der Waals surface area (Å²) in [6.07, 6.45) is 0. The van der Waals surface area contributed by atoms with Crippen LogP contribution in [0.4, 0.5) is 0 Å². The third kappa shape index (κ3) is 4.96. The Kier molecular flexibility index (Phi) is 6.12. The van der Waals surface area contributed by atoms with Gasteiger partial charge in [-0.05, 0) is 44.5 Å². The van der Waals surface area contributed by atoms with Crippen LogP contribution in [0.15, 0.2) is 22.7 Å². The van der Waals surface area contributed by atoms with Gasteiger partial charge in [-0.3, -0.25) is 4.79 Å². The lowest BCUT2D eigenvalue weighted by molar-refractivity contribution is -0.123. The molecule has 0 spiro atoms. The maximum absolute atomic E-state index is 11.7. The van der Waals surface area contributed by atoms with E-state index in [1.54, 1.807) is 0 Å². The molecule has 0 saturated heterocycles. The zero-order chi connectivity index (χ0) is 13.7. The third-order valence-electron chi connectivity index (χ3n) is 2.43. The predicted molar refractivity (Wildman–Crippen MR) is 78.7 cm³/mol. The molecule has 3 nitrogen and oxygen atoms in total. The number of carbonyl (C=O) groups is 1. The Morgan fingerprint density at radius 3 is 2.67 bits per heavy atom. The van der Waals surface area contributed by atoms with Gasteiger partial charge in [0.2, 0.25) is 5.91 Å². The molecule has 1 amide bonds. The molecule has 18 heavy (non-hydrogen) atoms. The summed E-state index contributed by atoms with van der Waals surface area (Å²) < 4.78 is 0.982. The molecule has 1 unspecified atom stereocenters. The molecule has 0 heterocycles. The van der Waals surface area contributed by atoms with E-state index >= 15 is 0 Å². The van der Waals surface area contributed by atoms with Crippen LogP contribution >= 0.6 is 27.5 Å². The van der Waals surface area contributed by atoms with Gasteiger partial charge < -0.3 is 10.6 Å². The van der Waals surface area contributed by atoms with E-state index in [2.05, 4.69) is 26.6 Å². The van der Waals surface area contributed by atoms with Gasteiger partial charge in [-0.2, -0.15) is 0 Å². The van der Waals surface area contributed by atoms with Gasteiger partial charge in [0, 0.05) is 22.1 Å². The van der Waals surface area contributed by atoms with Crippen LogP contribution in [-0.4, -0.2) is 18.0 Å². The smallest absolute Gasteiger partial charge is 0.237 e. The van der Waals surface area contributed by atoms with E-state index in [4.69, 9.17) is 11.6 Å². The molecule has 1 aromatic carbocycles. The summed E-state index contributed by atoms with van der Waals surface area (Å²) in [7, 11) is 0. The van der Waals surface area contributed by atoms with Crippen LogP contribution in [0.5, 0.6) is 0 Å². The van der Waals surface area contributed by atoms with Crippen molar-refractivity contribution in [1.82, 2.24) is 10.6 Å². The van der Waals surface area contributed by atoms with Crippen molar-refractivity contribution in [3.63, 3.8) is 0 Å². The van der Waals surface area contributed by atoms with Gasteiger partial charge in [-0.25, -0.2) is 0 Å². The van der Waals surface area contributed by atoms with Crippen molar-refractivity contribution < 1.29 is 4.79 Å². The normalized spacial score (nSPS) is 12.6. The quantitative estimate of drug-likeness (QED) is 0.869. The lowest BCUT2D eigenvalue weighted by Crippen LogP contribution is -2.44. The minimum atomic E-state index is -0.238. The highest BCUT2D eigenvalue weighted by molar-refractivity contribution is 9.10. The molecule has 0 bridgehead atoms. The number of amides is 1. The molecular formula is C13H18BrClN2O. The number of nitrogens with one attached hydrogen (secondary N) is 2. The fraction of sp³-hybridized carbons (Fsp3) is 0.462. The summed E-state index contributed by atoms with van der Waals surface area (Å²) in [6, 6.07) is 5.52. The SMILES string of the molecule is CC(C)NC(=O)C(C)NCc1cc(Cl)ccc1Br. The first-order chi connectivity index (χ1) is 8.40. The van der Waals surface area contributed by atoms with Crippen LogP contribution < -0.4 is 10.6 Å². The van der Waals surface area contributed by atoms with Crippen molar-refractivity contribution in [2.75, 3.05) is 0 Å². The van der Waals surface area contributed by atoms with Crippen LogP contribution in [0.2, 0.25) is 5.02 Å². The van der Waals surface area contributed by atoms with Gasteiger partial charge in [-0.15, -0.1) is 0 Å². The molecule has 0 saturated carbocycles. The van der Waals surface area contributed by atoms with E-state index in [-0.39, 0.29) is 18.0 Å². The molecular weight excluding hydrogens is 316 g/mol. The van der Waals surface area contributed by atoms with E-state index in [9.17, 15) is 4.79 Å². The fourth-order valence-corrected chi connectivity index (χ4v) is 2.03. The minimum absolute atomic E-state index is 0.00292. The Hall–Kier alpha value is -0.580. The second kappa shape index (κ2) is 7.12. The van der Waals surface area contributed by atoms with Crippen LogP contribution in [-0.2, 0) is 11.3 Å². The van der Waals surface area contributed by atoms with Crippen LogP contribution in [0.3, 0.4) is 0 Å². The van der Waals surface area contributed by atoms with Crippen molar-refractivity contribution in [3.8, 4) is 0 Å². The predicted octanol–water partition coefficient (Wildman–Crippen LogP) is 3.11. The minimum Gasteiger partial charge on any atom is -0.353 e. The van der Waals surface area contributed by atoms with Gasteiger partial charge in [-0.1, -0.05) is 27.5 Å². The number of benzene rings is 1. The maximum Gasteiger partial charge on any atom is 0.237 e. The standard InChI is InChI=1S/C13H18BrClN2O/c1-8(2)17-13(18)9(3)16-7-10-6-11(15)4-5-12(10)14/h4-6,8-9,16H,7H2,1-3H3,(H,17,18). The van der Waals surface area contributed by atoms with Crippen molar-refractivity contribution in [2.45, 2.75) is 39.4 Å². The molecule has 0 aliphatic rings. The van der Waals surface area contributed by atoms with E-state index in [1.807, 2.05) is 39.0 Å². The molecule has 2 N–H and O–H groups in total. The molecule has 1 atom stereocenters. The Morgan fingerprint density at radius 1 is 1.39 bits per heavy atom. The van der Waals surface area contributed by atoms with Gasteiger partial charge in [0.1, 0.15) is 0 Å². The molecule has 1 aromatic rings. The number of carbonyl (C=O) groups excluding carboxylic acids is 1. The average Bonchev–Trinajstić information content (AvgIpc) is 2.29. The molecule has 5 heteroatoms. The first kappa shape index (κ1) is 15.5. The number of hydrogen-bond acceptors (Lipinski definition) is 2. The second-order valence-corrected chi connectivity index (χ2v) is 5.79. The molecule has 0 aliphatic carbocycles. The van der Waals surface area contributed by atoms with Crippen LogP contribution in [0.25, 0.3) is 0 Å². The van der Waals surface area contributed by atoms with Crippen LogP contribution in [0, 0.1) is 0 Å². The Labute approximate surface area is 121 Å². The van der Waals surface area contributed by atoms with Crippen molar-refractivity contribution in [3.05, 3.63) is 33.3 Å². The molecule has 0 radical (unpaired) electrons. The van der Waals surface area contributed by atoms with Gasteiger partial charge in [0.25, 0.3) is 0 Å². The summed E-state index contributed by atoms with van der Waals surface area (Å²) in [6.45, 7) is 6.32. The van der Waals surface area contributed by atoms with E-state index < -0.39 is 0 Å². The number of rotatable bonds is 5. The fourth-order valence-electron chi connectivity index (χ4n) is 1.44. The van der Waals surface area contributed by atoms with Crippen molar-refractivity contribution in [1.29, 1.82) is 0 Å². The summed E-state index contributed by atoms with van der Waals surface area (Å²) in [5, 5.41) is 6.73. The summed E-state index contributed by atoms with van der Waals surface area (Å²) in [4.78, 5) is 11.7. The lowest BCUT2D eigenvalue weighted by Gasteiger charge is -2.16. The molecule has 0 aromatic heterocycles. The highest BCUT2D eigenvalue weighted by Gasteiger charge is 2.13. The zero-order valence-corrected chi connectivity index (χ0v) is 13.1. The number of hydrogen-bond donors (Lipinski definition) is 2. The topological polar surface area (TPSA) is 41.1 Å². The average molecular weight is 334 g/mol. The lowest BCUT2D eigenvalue weighted by atomic mass is 10.2. The van der Waals surface area contributed by atoms with Gasteiger partial charge >= 0.3 is 0 Å². The highest BCUT2D eigenvalue weighted by Crippen LogP contribution is 2.20. The Balaban J connectivity index is 2.54. The van der Waals surface area contributed by atoms with E-state index in [0.29, 0.717) is 11.6 Å². The second-order valence-electron chi connectivity index (χ2n) is 4.50. The summed E-state index contributed by atoms with van der Waals surface area (Å²) in [5.41, 5.74) is 1.03. The largest absolute Gasteiger partial charge is 0.353 e. The molecule has 100 valence electrons. The zero-order valence-electron chi connectivity index (χ0n) is 10.8. The Morgan fingerprint density at radius 2 is 2.06 bits per heavy atom. The monoisotopic (exact) mass is 332 g/mol. The first-order valence-corrected chi connectivity index (χ1v) is 7.05. The maximum atomic E-state index is 11.7. The highest BCUT2D eigenvalue weighted by atomic mass is 79.9. The van der Waals surface area contributed by atoms with Crippen LogP contribution in [0.1, 0.15) is 26.3 Å². The van der Waals surface area contributed by atoms with E-state index in [1.165, 1.54) is 0 Å². The molecule has 0 fully saturated rings. The van der Waals surface area contributed by atoms with Crippen molar-refractivity contribution in [2.24, 2.45) is 0 Å². The Bertz CT molecular complexity index is 423. The number of halogens is 2. The van der Waals surface area contributed by atoms with Crippen molar-refractivity contribution >= 4 is 33.4 Å². The molecule has 1 rings (SSSR count). The summed E-state index contributed by atoms with van der Waals surface area (Å²) in [5.74, 6) is 0.00292. The first-order valence-electron chi connectivity index (χ1n) is 5.88. The molecule has 0 aliphatic heterocycles. The van der Waals surface area contributed by atoms with Gasteiger partial charge in [0.05, 0.1) is 6.04 Å². The van der Waals surface area contributed by atoms with E-state index in [0.717, 1.165) is 10.0 Å².